The quantitative estimate of drug-likeness (QED) is 0.765. The standard InChI is InChI=1S/C10H11F2NO2/c1-5(13)6-3-7(11)9(8(12)4-6)10(14)15-2/h3-5H,13H2,1-2H3. The van der Waals surface area contributed by atoms with E-state index in [0.717, 1.165) is 19.2 Å². The maximum atomic E-state index is 13.3. The highest BCUT2D eigenvalue weighted by Gasteiger charge is 2.19. The van der Waals surface area contributed by atoms with Crippen molar-refractivity contribution in [2.75, 3.05) is 7.11 Å². The van der Waals surface area contributed by atoms with Crippen LogP contribution in [-0.4, -0.2) is 13.1 Å². The zero-order chi connectivity index (χ0) is 11.6. The maximum absolute atomic E-state index is 13.3. The summed E-state index contributed by atoms with van der Waals surface area (Å²) in [6.45, 7) is 1.59. The van der Waals surface area contributed by atoms with Gasteiger partial charge in [-0.05, 0) is 24.6 Å². The number of ether oxygens (including phenoxy) is 1. The van der Waals surface area contributed by atoms with Crippen LogP contribution in [0.25, 0.3) is 0 Å². The molecule has 0 saturated carbocycles. The predicted molar refractivity (Wildman–Crippen MR) is 50.3 cm³/mol. The van der Waals surface area contributed by atoms with Crippen LogP contribution >= 0.6 is 0 Å². The number of esters is 1. The van der Waals surface area contributed by atoms with Gasteiger partial charge < -0.3 is 10.5 Å². The number of hydrogen-bond donors (Lipinski definition) is 1. The Hall–Kier alpha value is -1.49. The average molecular weight is 215 g/mol. The topological polar surface area (TPSA) is 52.3 Å². The molecular weight excluding hydrogens is 204 g/mol. The highest BCUT2D eigenvalue weighted by molar-refractivity contribution is 5.90. The molecule has 1 atom stereocenters. The second-order valence-electron chi connectivity index (χ2n) is 3.14. The second kappa shape index (κ2) is 4.35. The molecule has 3 nitrogen and oxygen atoms in total. The third-order valence-electron chi connectivity index (χ3n) is 1.98. The van der Waals surface area contributed by atoms with Crippen LogP contribution in [0.15, 0.2) is 12.1 Å². The van der Waals surface area contributed by atoms with Crippen molar-refractivity contribution in [3.05, 3.63) is 34.9 Å². The molecule has 1 aromatic rings. The fourth-order valence-electron chi connectivity index (χ4n) is 1.15. The summed E-state index contributed by atoms with van der Waals surface area (Å²) in [5, 5.41) is 0. The Morgan fingerprint density at radius 2 is 1.87 bits per heavy atom. The Morgan fingerprint density at radius 1 is 1.40 bits per heavy atom. The summed E-state index contributed by atoms with van der Waals surface area (Å²) in [6, 6.07) is 1.56. The Balaban J connectivity index is 3.27. The molecule has 1 unspecified atom stereocenters. The first-order valence-corrected chi connectivity index (χ1v) is 4.30. The van der Waals surface area contributed by atoms with Crippen molar-refractivity contribution in [2.45, 2.75) is 13.0 Å². The number of nitrogens with two attached hydrogens (primary N) is 1. The Morgan fingerprint density at radius 3 is 2.20 bits per heavy atom. The summed E-state index contributed by atoms with van der Waals surface area (Å²) < 4.78 is 30.9. The fraction of sp³-hybridized carbons (Fsp3) is 0.300. The van der Waals surface area contributed by atoms with E-state index in [-0.39, 0.29) is 5.56 Å². The molecule has 0 spiro atoms. The minimum absolute atomic E-state index is 0.289. The number of rotatable bonds is 2. The lowest BCUT2D eigenvalue weighted by molar-refractivity contribution is 0.0589. The molecular formula is C10H11F2NO2. The molecule has 1 aromatic carbocycles. The van der Waals surface area contributed by atoms with Crippen LogP contribution in [0.3, 0.4) is 0 Å². The Bertz CT molecular complexity index is 368. The van der Waals surface area contributed by atoms with Crippen LogP contribution in [0.4, 0.5) is 8.78 Å². The van der Waals surface area contributed by atoms with E-state index in [1.807, 2.05) is 0 Å². The minimum atomic E-state index is -1.04. The van der Waals surface area contributed by atoms with Gasteiger partial charge in [0.05, 0.1) is 7.11 Å². The molecule has 0 aliphatic heterocycles. The van der Waals surface area contributed by atoms with Gasteiger partial charge in [-0.2, -0.15) is 0 Å². The lowest BCUT2D eigenvalue weighted by Crippen LogP contribution is -2.11. The number of carbonyl (C=O) groups is 1. The first-order chi connectivity index (χ1) is 6.97. The molecule has 0 bridgehead atoms. The van der Waals surface area contributed by atoms with Gasteiger partial charge in [0.1, 0.15) is 17.2 Å². The summed E-state index contributed by atoms with van der Waals surface area (Å²) in [7, 11) is 1.06. The van der Waals surface area contributed by atoms with E-state index in [4.69, 9.17) is 5.73 Å². The van der Waals surface area contributed by atoms with Crippen LogP contribution in [0.2, 0.25) is 0 Å². The molecule has 0 amide bonds. The van der Waals surface area contributed by atoms with E-state index in [9.17, 15) is 13.6 Å². The fourth-order valence-corrected chi connectivity index (χ4v) is 1.15. The van der Waals surface area contributed by atoms with Gasteiger partial charge in [-0.15, -0.1) is 0 Å². The lowest BCUT2D eigenvalue weighted by Gasteiger charge is -2.08. The number of halogens is 2. The summed E-state index contributed by atoms with van der Waals surface area (Å²) in [5.41, 5.74) is 5.06. The molecule has 15 heavy (non-hydrogen) atoms. The molecule has 0 aromatic heterocycles. The Labute approximate surface area is 85.8 Å². The van der Waals surface area contributed by atoms with Gasteiger partial charge in [0.15, 0.2) is 0 Å². The largest absolute Gasteiger partial charge is 0.465 e. The van der Waals surface area contributed by atoms with E-state index >= 15 is 0 Å². The first-order valence-electron chi connectivity index (χ1n) is 4.30. The molecule has 0 radical (unpaired) electrons. The summed E-state index contributed by atoms with van der Waals surface area (Å²) in [6.07, 6.45) is 0. The van der Waals surface area contributed by atoms with Gasteiger partial charge in [-0.3, -0.25) is 0 Å². The third kappa shape index (κ3) is 2.30. The maximum Gasteiger partial charge on any atom is 0.343 e. The van der Waals surface area contributed by atoms with Gasteiger partial charge in [0.2, 0.25) is 0 Å². The molecule has 5 heteroatoms. The van der Waals surface area contributed by atoms with Crippen molar-refractivity contribution >= 4 is 5.97 Å². The van der Waals surface area contributed by atoms with Crippen LogP contribution in [0.5, 0.6) is 0 Å². The molecule has 1 rings (SSSR count). The van der Waals surface area contributed by atoms with Gasteiger partial charge in [0, 0.05) is 6.04 Å². The number of methoxy groups -OCH3 is 1. The van der Waals surface area contributed by atoms with Crippen molar-refractivity contribution in [1.82, 2.24) is 0 Å². The molecule has 82 valence electrons. The lowest BCUT2D eigenvalue weighted by atomic mass is 10.1. The molecule has 0 aliphatic carbocycles. The van der Waals surface area contributed by atoms with Crippen LogP contribution in [0, 0.1) is 11.6 Å². The van der Waals surface area contributed by atoms with Crippen molar-refractivity contribution in [3.63, 3.8) is 0 Å². The van der Waals surface area contributed by atoms with Gasteiger partial charge in [-0.1, -0.05) is 0 Å². The van der Waals surface area contributed by atoms with E-state index in [2.05, 4.69) is 4.74 Å². The van der Waals surface area contributed by atoms with E-state index < -0.39 is 29.2 Å². The van der Waals surface area contributed by atoms with Gasteiger partial charge >= 0.3 is 5.97 Å². The molecule has 2 N–H and O–H groups in total. The first kappa shape index (κ1) is 11.6. The van der Waals surface area contributed by atoms with Crippen molar-refractivity contribution in [2.24, 2.45) is 5.73 Å². The zero-order valence-corrected chi connectivity index (χ0v) is 8.38. The van der Waals surface area contributed by atoms with E-state index in [1.54, 1.807) is 6.92 Å². The SMILES string of the molecule is COC(=O)c1c(F)cc(C(C)N)cc1F. The molecule has 0 heterocycles. The molecule has 0 saturated heterocycles. The molecule has 0 fully saturated rings. The third-order valence-corrected chi connectivity index (χ3v) is 1.98. The van der Waals surface area contributed by atoms with Gasteiger partial charge in [-0.25, -0.2) is 13.6 Å². The number of hydrogen-bond acceptors (Lipinski definition) is 3. The van der Waals surface area contributed by atoms with Crippen molar-refractivity contribution in [1.29, 1.82) is 0 Å². The average Bonchev–Trinajstić information content (AvgIpc) is 2.16. The minimum Gasteiger partial charge on any atom is -0.465 e. The number of benzene rings is 1. The van der Waals surface area contributed by atoms with Crippen molar-refractivity contribution in [3.8, 4) is 0 Å². The van der Waals surface area contributed by atoms with Crippen LogP contribution in [0.1, 0.15) is 28.9 Å². The zero-order valence-electron chi connectivity index (χ0n) is 8.38. The highest BCUT2D eigenvalue weighted by atomic mass is 19.1. The summed E-state index contributed by atoms with van der Waals surface area (Å²) in [4.78, 5) is 11.0. The monoisotopic (exact) mass is 215 g/mol. The highest BCUT2D eigenvalue weighted by Crippen LogP contribution is 2.19. The normalized spacial score (nSPS) is 12.3. The summed E-state index contributed by atoms with van der Waals surface area (Å²) in [5.74, 6) is -2.97. The van der Waals surface area contributed by atoms with Crippen molar-refractivity contribution < 1.29 is 18.3 Å². The number of carbonyl (C=O) groups excluding carboxylic acids is 1. The summed E-state index contributed by atoms with van der Waals surface area (Å²) >= 11 is 0. The van der Waals surface area contributed by atoms with E-state index in [1.165, 1.54) is 0 Å². The molecule has 0 aliphatic rings. The predicted octanol–water partition coefficient (Wildman–Crippen LogP) is 1.77. The van der Waals surface area contributed by atoms with Crippen LogP contribution < -0.4 is 5.73 Å². The smallest absolute Gasteiger partial charge is 0.343 e. The second-order valence-corrected chi connectivity index (χ2v) is 3.14. The van der Waals surface area contributed by atoms with E-state index in [0.29, 0.717) is 0 Å². The van der Waals surface area contributed by atoms with Crippen LogP contribution in [-0.2, 0) is 4.74 Å². The Kier molecular flexibility index (Phi) is 3.36. The van der Waals surface area contributed by atoms with Gasteiger partial charge in [0.25, 0.3) is 0 Å².